The zero-order valence-corrected chi connectivity index (χ0v) is 17.4. The van der Waals surface area contributed by atoms with E-state index >= 15 is 0 Å². The number of benzene rings is 3. The summed E-state index contributed by atoms with van der Waals surface area (Å²) in [5.74, 6) is -3.63. The first-order valence-corrected chi connectivity index (χ1v) is 10.1. The molecule has 31 heavy (non-hydrogen) atoms. The maximum absolute atomic E-state index is 13.7. The normalized spacial score (nSPS) is 11.9. The number of ether oxygens (including phenoxy) is 1. The SMILES string of the molecule is CC(C)CC(NC(=O)c1cccc(COc2ccccc2)c1)c1cc(F)c(F)c(F)c1. The molecule has 0 heterocycles. The molecule has 0 saturated carbocycles. The van der Waals surface area contributed by atoms with Gasteiger partial charge >= 0.3 is 0 Å². The summed E-state index contributed by atoms with van der Waals surface area (Å²) in [7, 11) is 0. The van der Waals surface area contributed by atoms with Crippen LogP contribution in [0.3, 0.4) is 0 Å². The summed E-state index contributed by atoms with van der Waals surface area (Å²) in [4.78, 5) is 12.9. The van der Waals surface area contributed by atoms with E-state index in [0.717, 1.165) is 23.4 Å². The van der Waals surface area contributed by atoms with Crippen LogP contribution in [0.1, 0.15) is 47.8 Å². The highest BCUT2D eigenvalue weighted by atomic mass is 19.2. The van der Waals surface area contributed by atoms with E-state index in [2.05, 4.69) is 5.32 Å². The lowest BCUT2D eigenvalue weighted by Gasteiger charge is -2.22. The Labute approximate surface area is 179 Å². The van der Waals surface area contributed by atoms with E-state index < -0.39 is 29.4 Å². The number of hydrogen-bond acceptors (Lipinski definition) is 2. The number of hydrogen-bond donors (Lipinski definition) is 1. The molecule has 0 spiro atoms. The summed E-state index contributed by atoms with van der Waals surface area (Å²) < 4.78 is 46.5. The number of carbonyl (C=O) groups excluding carboxylic acids is 1. The first-order chi connectivity index (χ1) is 14.8. The minimum Gasteiger partial charge on any atom is -0.489 e. The average molecular weight is 427 g/mol. The maximum atomic E-state index is 13.7. The molecule has 1 N–H and O–H groups in total. The molecular weight excluding hydrogens is 403 g/mol. The van der Waals surface area contributed by atoms with E-state index in [1.807, 2.05) is 50.2 Å². The molecule has 0 aliphatic carbocycles. The number of amides is 1. The van der Waals surface area contributed by atoms with Crippen molar-refractivity contribution in [3.8, 4) is 5.75 Å². The summed E-state index contributed by atoms with van der Waals surface area (Å²) in [6, 6.07) is 17.4. The fourth-order valence-electron chi connectivity index (χ4n) is 3.25. The molecule has 1 atom stereocenters. The van der Waals surface area contributed by atoms with E-state index in [9.17, 15) is 18.0 Å². The Balaban J connectivity index is 1.75. The monoisotopic (exact) mass is 427 g/mol. The molecule has 0 aliphatic rings. The molecule has 0 aliphatic heterocycles. The van der Waals surface area contributed by atoms with Gasteiger partial charge in [0, 0.05) is 5.56 Å². The van der Waals surface area contributed by atoms with Crippen LogP contribution in [0, 0.1) is 23.4 Å². The highest BCUT2D eigenvalue weighted by Gasteiger charge is 2.21. The van der Waals surface area contributed by atoms with Gasteiger partial charge in [0.05, 0.1) is 6.04 Å². The van der Waals surface area contributed by atoms with E-state index in [0.29, 0.717) is 12.0 Å². The van der Waals surface area contributed by atoms with Gasteiger partial charge in [-0.1, -0.05) is 44.2 Å². The predicted molar refractivity (Wildman–Crippen MR) is 113 cm³/mol. The van der Waals surface area contributed by atoms with Crippen LogP contribution >= 0.6 is 0 Å². The summed E-state index contributed by atoms with van der Waals surface area (Å²) in [5.41, 5.74) is 1.38. The maximum Gasteiger partial charge on any atom is 0.251 e. The quantitative estimate of drug-likeness (QED) is 0.435. The topological polar surface area (TPSA) is 38.3 Å². The fourth-order valence-corrected chi connectivity index (χ4v) is 3.25. The number of carbonyl (C=O) groups is 1. The number of rotatable bonds is 8. The molecule has 162 valence electrons. The Kier molecular flexibility index (Phi) is 7.34. The molecular formula is C25H24F3NO2. The van der Waals surface area contributed by atoms with Crippen LogP contribution in [0.2, 0.25) is 0 Å². The van der Waals surface area contributed by atoms with Crippen LogP contribution in [0.5, 0.6) is 5.75 Å². The van der Waals surface area contributed by atoms with Crippen LogP contribution in [0.15, 0.2) is 66.7 Å². The van der Waals surface area contributed by atoms with E-state index in [-0.39, 0.29) is 18.1 Å². The molecule has 0 fully saturated rings. The Morgan fingerprint density at radius 2 is 1.61 bits per heavy atom. The highest BCUT2D eigenvalue weighted by molar-refractivity contribution is 5.94. The minimum atomic E-state index is -1.52. The van der Waals surface area contributed by atoms with Crippen molar-refractivity contribution in [1.82, 2.24) is 5.32 Å². The predicted octanol–water partition coefficient (Wildman–Crippen LogP) is 6.20. The third-order valence-electron chi connectivity index (χ3n) is 4.76. The van der Waals surface area contributed by atoms with E-state index in [4.69, 9.17) is 4.74 Å². The van der Waals surface area contributed by atoms with Gasteiger partial charge in [-0.05, 0) is 59.9 Å². The molecule has 3 aromatic rings. The molecule has 1 unspecified atom stereocenters. The molecule has 6 heteroatoms. The number of halogens is 3. The summed E-state index contributed by atoms with van der Waals surface area (Å²) in [6.45, 7) is 4.14. The Bertz CT molecular complexity index is 1010. The highest BCUT2D eigenvalue weighted by Crippen LogP contribution is 2.25. The van der Waals surface area contributed by atoms with Crippen LogP contribution < -0.4 is 10.1 Å². The van der Waals surface area contributed by atoms with Gasteiger partial charge in [-0.2, -0.15) is 0 Å². The fraction of sp³-hybridized carbons (Fsp3) is 0.240. The second-order valence-corrected chi connectivity index (χ2v) is 7.76. The Morgan fingerprint density at radius 3 is 2.26 bits per heavy atom. The van der Waals surface area contributed by atoms with Crippen molar-refractivity contribution in [1.29, 1.82) is 0 Å². The van der Waals surface area contributed by atoms with Crippen molar-refractivity contribution in [2.75, 3.05) is 0 Å². The lowest BCUT2D eigenvalue weighted by molar-refractivity contribution is 0.0931. The zero-order valence-electron chi connectivity index (χ0n) is 17.4. The van der Waals surface area contributed by atoms with Crippen LogP contribution in [-0.2, 0) is 6.61 Å². The minimum absolute atomic E-state index is 0.132. The van der Waals surface area contributed by atoms with Crippen molar-refractivity contribution in [2.24, 2.45) is 5.92 Å². The second-order valence-electron chi connectivity index (χ2n) is 7.76. The van der Waals surface area contributed by atoms with E-state index in [1.165, 1.54) is 0 Å². The van der Waals surface area contributed by atoms with Crippen molar-refractivity contribution in [2.45, 2.75) is 32.9 Å². The lowest BCUT2D eigenvalue weighted by Crippen LogP contribution is -2.30. The van der Waals surface area contributed by atoms with Gasteiger partial charge in [0.2, 0.25) is 0 Å². The summed E-state index contributed by atoms with van der Waals surface area (Å²) in [6.07, 6.45) is 0.438. The van der Waals surface area contributed by atoms with Crippen LogP contribution in [0.25, 0.3) is 0 Å². The Morgan fingerprint density at radius 1 is 0.935 bits per heavy atom. The smallest absolute Gasteiger partial charge is 0.251 e. The number of nitrogens with one attached hydrogen (secondary N) is 1. The third-order valence-corrected chi connectivity index (χ3v) is 4.76. The van der Waals surface area contributed by atoms with Crippen molar-refractivity contribution in [3.63, 3.8) is 0 Å². The van der Waals surface area contributed by atoms with Gasteiger partial charge in [-0.25, -0.2) is 13.2 Å². The molecule has 0 saturated heterocycles. The van der Waals surface area contributed by atoms with E-state index in [1.54, 1.807) is 18.2 Å². The lowest BCUT2D eigenvalue weighted by atomic mass is 9.96. The van der Waals surface area contributed by atoms with Gasteiger partial charge in [0.15, 0.2) is 17.5 Å². The van der Waals surface area contributed by atoms with Crippen molar-refractivity contribution in [3.05, 3.63) is 101 Å². The molecule has 0 radical (unpaired) electrons. The number of para-hydroxylation sites is 1. The van der Waals surface area contributed by atoms with Crippen LogP contribution in [-0.4, -0.2) is 5.91 Å². The van der Waals surface area contributed by atoms with Gasteiger partial charge < -0.3 is 10.1 Å². The third kappa shape index (κ3) is 6.10. The van der Waals surface area contributed by atoms with Gasteiger partial charge in [0.25, 0.3) is 5.91 Å². The molecule has 0 aromatic heterocycles. The average Bonchev–Trinajstić information content (AvgIpc) is 2.76. The van der Waals surface area contributed by atoms with Crippen molar-refractivity contribution < 1.29 is 22.7 Å². The van der Waals surface area contributed by atoms with Gasteiger partial charge in [-0.15, -0.1) is 0 Å². The van der Waals surface area contributed by atoms with Crippen LogP contribution in [0.4, 0.5) is 13.2 Å². The molecule has 3 aromatic carbocycles. The summed E-state index contributed by atoms with van der Waals surface area (Å²) in [5, 5.41) is 2.82. The molecule has 1 amide bonds. The second kappa shape index (κ2) is 10.2. The standard InChI is InChI=1S/C25H24F3NO2/c1-16(2)11-23(19-13-21(26)24(28)22(27)14-19)29-25(30)18-8-6-7-17(12-18)15-31-20-9-4-3-5-10-20/h3-10,12-14,16,23H,11,15H2,1-2H3,(H,29,30). The first kappa shape index (κ1) is 22.4. The molecule has 0 bridgehead atoms. The van der Waals surface area contributed by atoms with Crippen molar-refractivity contribution >= 4 is 5.91 Å². The molecule has 3 rings (SSSR count). The first-order valence-electron chi connectivity index (χ1n) is 10.1. The largest absolute Gasteiger partial charge is 0.489 e. The zero-order chi connectivity index (χ0) is 22.4. The summed E-state index contributed by atoms with van der Waals surface area (Å²) >= 11 is 0. The molecule has 3 nitrogen and oxygen atoms in total. The van der Waals surface area contributed by atoms with Gasteiger partial charge in [-0.3, -0.25) is 4.79 Å². The van der Waals surface area contributed by atoms with Gasteiger partial charge in [0.1, 0.15) is 12.4 Å². The Hall–Kier alpha value is -3.28.